The molecule has 0 saturated heterocycles. The van der Waals surface area contributed by atoms with Crippen LogP contribution in [0.2, 0.25) is 0 Å². The first-order chi connectivity index (χ1) is 16.6. The van der Waals surface area contributed by atoms with E-state index >= 15 is 0 Å². The first-order valence-electron chi connectivity index (χ1n) is 11.5. The zero-order chi connectivity index (χ0) is 23.2. The van der Waals surface area contributed by atoms with Crippen LogP contribution in [0.15, 0.2) is 60.8 Å². The second kappa shape index (κ2) is 8.40. The average molecular weight is 473 g/mol. The second-order valence-corrected chi connectivity index (χ2v) is 10.3. The molecule has 0 bridgehead atoms. The minimum absolute atomic E-state index is 0.0317. The van der Waals surface area contributed by atoms with E-state index in [1.807, 2.05) is 18.3 Å². The number of phenolic OH excluding ortho intramolecular Hbond substituents is 1. The van der Waals surface area contributed by atoms with Crippen LogP contribution in [-0.4, -0.2) is 26.8 Å². The molecule has 34 heavy (non-hydrogen) atoms. The standard InChI is InChI=1S/C27H24N2O4S/c30-24-12-17(6-8-23(24)25-13-26(31)29-34(25)32)20-9-10-22-19(2-1-3-21(20)22)18-7-11-27(28-14-18)33-15-16-4-5-16/h1-3,6-8,11-14,16,20,30H,4-5,9-10,15H2,(H,29,31)/t20-,34?/m1/s1. The SMILES string of the molecule is O=C1C=C(c2ccc([C@H]3CCc4c(-c5ccc(OCC6CC6)nc5)cccc43)cc2O)S(=O)N1. The Morgan fingerprint density at radius 2 is 1.97 bits per heavy atom. The fourth-order valence-electron chi connectivity index (χ4n) is 4.88. The molecule has 0 spiro atoms. The lowest BCUT2D eigenvalue weighted by Crippen LogP contribution is -2.16. The van der Waals surface area contributed by atoms with Crippen LogP contribution >= 0.6 is 0 Å². The summed E-state index contributed by atoms with van der Waals surface area (Å²) in [6.45, 7) is 0.750. The molecule has 0 radical (unpaired) electrons. The van der Waals surface area contributed by atoms with Crippen molar-refractivity contribution in [2.75, 3.05) is 6.61 Å². The molecule has 1 saturated carbocycles. The molecule has 7 heteroatoms. The molecule has 3 aromatic rings. The number of nitrogens with one attached hydrogen (secondary N) is 1. The number of benzene rings is 2. The quantitative estimate of drug-likeness (QED) is 0.553. The highest BCUT2D eigenvalue weighted by Gasteiger charge is 2.28. The fraction of sp³-hybridized carbons (Fsp3) is 0.259. The average Bonchev–Trinajstić information content (AvgIpc) is 3.47. The first kappa shape index (κ1) is 21.1. The van der Waals surface area contributed by atoms with Gasteiger partial charge >= 0.3 is 0 Å². The van der Waals surface area contributed by atoms with Gasteiger partial charge in [-0.05, 0) is 72.1 Å². The Morgan fingerprint density at radius 3 is 2.68 bits per heavy atom. The number of aromatic hydroxyl groups is 1. The number of amides is 1. The Bertz CT molecular complexity index is 1350. The maximum Gasteiger partial charge on any atom is 0.257 e. The molecule has 3 aliphatic rings. The zero-order valence-electron chi connectivity index (χ0n) is 18.5. The molecule has 2 heterocycles. The third kappa shape index (κ3) is 3.90. The summed E-state index contributed by atoms with van der Waals surface area (Å²) in [4.78, 5) is 16.3. The molecule has 2 aromatic carbocycles. The summed E-state index contributed by atoms with van der Waals surface area (Å²) in [6, 6.07) is 15.8. The van der Waals surface area contributed by atoms with Gasteiger partial charge in [-0.15, -0.1) is 0 Å². The normalized spacial score (nSPS) is 21.2. The van der Waals surface area contributed by atoms with Crippen LogP contribution in [0.4, 0.5) is 0 Å². The Hall–Kier alpha value is -3.45. The maximum absolute atomic E-state index is 12.1. The minimum atomic E-state index is -1.64. The molecule has 6 nitrogen and oxygen atoms in total. The van der Waals surface area contributed by atoms with Gasteiger partial charge in [0, 0.05) is 35.4 Å². The minimum Gasteiger partial charge on any atom is -0.507 e. The van der Waals surface area contributed by atoms with E-state index in [-0.39, 0.29) is 11.7 Å². The molecular formula is C27H24N2O4S. The van der Waals surface area contributed by atoms with E-state index in [0.717, 1.165) is 30.6 Å². The van der Waals surface area contributed by atoms with Crippen molar-refractivity contribution >= 4 is 21.8 Å². The van der Waals surface area contributed by atoms with Crippen LogP contribution in [0.5, 0.6) is 11.6 Å². The monoisotopic (exact) mass is 472 g/mol. The van der Waals surface area contributed by atoms with Gasteiger partial charge in [0.25, 0.3) is 5.91 Å². The highest BCUT2D eigenvalue weighted by atomic mass is 32.2. The van der Waals surface area contributed by atoms with Crippen molar-refractivity contribution in [3.8, 4) is 22.8 Å². The third-order valence-electron chi connectivity index (χ3n) is 6.83. The second-order valence-electron chi connectivity index (χ2n) is 9.12. The van der Waals surface area contributed by atoms with E-state index in [4.69, 9.17) is 4.74 Å². The largest absolute Gasteiger partial charge is 0.507 e. The van der Waals surface area contributed by atoms with Crippen molar-refractivity contribution in [3.63, 3.8) is 0 Å². The molecule has 1 amide bonds. The molecule has 2 N–H and O–H groups in total. The van der Waals surface area contributed by atoms with Crippen molar-refractivity contribution in [1.29, 1.82) is 0 Å². The van der Waals surface area contributed by atoms with E-state index in [0.29, 0.717) is 22.3 Å². The van der Waals surface area contributed by atoms with E-state index in [1.54, 1.807) is 12.1 Å². The number of fused-ring (bicyclic) bond motifs is 1. The highest BCUT2D eigenvalue weighted by Crippen LogP contribution is 2.44. The topological polar surface area (TPSA) is 88.5 Å². The number of hydrogen-bond donors (Lipinski definition) is 2. The summed E-state index contributed by atoms with van der Waals surface area (Å²) in [5.41, 5.74) is 6.23. The van der Waals surface area contributed by atoms with Crippen molar-refractivity contribution in [2.24, 2.45) is 5.92 Å². The number of carbonyl (C=O) groups excluding carboxylic acids is 1. The number of hydrogen-bond acceptors (Lipinski definition) is 5. The van der Waals surface area contributed by atoms with Gasteiger partial charge < -0.3 is 9.84 Å². The van der Waals surface area contributed by atoms with E-state index in [1.165, 1.54) is 35.6 Å². The van der Waals surface area contributed by atoms with Crippen LogP contribution in [0.3, 0.4) is 0 Å². The summed E-state index contributed by atoms with van der Waals surface area (Å²) in [6.07, 6.45) is 7.55. The van der Waals surface area contributed by atoms with Crippen LogP contribution in [-0.2, 0) is 22.2 Å². The predicted octanol–water partition coefficient (Wildman–Crippen LogP) is 4.46. The van der Waals surface area contributed by atoms with Crippen LogP contribution in [0.25, 0.3) is 16.0 Å². The van der Waals surface area contributed by atoms with Crippen LogP contribution < -0.4 is 9.46 Å². The number of ether oxygens (including phenoxy) is 1. The van der Waals surface area contributed by atoms with Gasteiger partial charge in [0.2, 0.25) is 5.88 Å². The zero-order valence-corrected chi connectivity index (χ0v) is 19.3. The van der Waals surface area contributed by atoms with E-state index in [9.17, 15) is 14.1 Å². The van der Waals surface area contributed by atoms with Crippen LogP contribution in [0.1, 0.15) is 47.4 Å². The van der Waals surface area contributed by atoms with Crippen LogP contribution in [0, 0.1) is 5.92 Å². The summed E-state index contributed by atoms with van der Waals surface area (Å²) in [7, 11) is -1.64. The first-order valence-corrected chi connectivity index (χ1v) is 12.7. The van der Waals surface area contributed by atoms with E-state index in [2.05, 4.69) is 34.0 Å². The lowest BCUT2D eigenvalue weighted by Gasteiger charge is -2.15. The number of rotatable bonds is 6. The van der Waals surface area contributed by atoms with Crippen molar-refractivity contribution < 1.29 is 18.8 Å². The summed E-state index contributed by atoms with van der Waals surface area (Å²) in [5.74, 6) is 1.15. The Labute approximate surface area is 200 Å². The molecular weight excluding hydrogens is 448 g/mol. The molecule has 6 rings (SSSR count). The molecule has 1 aromatic heterocycles. The van der Waals surface area contributed by atoms with Gasteiger partial charge in [0.05, 0.1) is 11.5 Å². The molecule has 1 fully saturated rings. The molecule has 1 aliphatic heterocycles. The van der Waals surface area contributed by atoms with Crippen molar-refractivity contribution in [1.82, 2.24) is 9.71 Å². The van der Waals surface area contributed by atoms with Gasteiger partial charge in [-0.25, -0.2) is 9.19 Å². The third-order valence-corrected chi connectivity index (χ3v) is 7.95. The lowest BCUT2D eigenvalue weighted by molar-refractivity contribution is -0.114. The highest BCUT2D eigenvalue weighted by molar-refractivity contribution is 7.94. The van der Waals surface area contributed by atoms with Gasteiger partial charge in [-0.3, -0.25) is 9.52 Å². The molecule has 2 atom stereocenters. The summed E-state index contributed by atoms with van der Waals surface area (Å²) >= 11 is 0. The molecule has 1 unspecified atom stereocenters. The number of carbonyl (C=O) groups is 1. The molecule has 172 valence electrons. The van der Waals surface area contributed by atoms with Gasteiger partial charge in [0.1, 0.15) is 5.75 Å². The van der Waals surface area contributed by atoms with Gasteiger partial charge in [-0.2, -0.15) is 0 Å². The fourth-order valence-corrected chi connectivity index (χ4v) is 5.82. The summed E-state index contributed by atoms with van der Waals surface area (Å²) < 4.78 is 20.2. The number of nitrogens with zero attached hydrogens (tertiary/aromatic N) is 1. The smallest absolute Gasteiger partial charge is 0.257 e. The maximum atomic E-state index is 12.1. The van der Waals surface area contributed by atoms with Crippen molar-refractivity contribution in [3.05, 3.63) is 83.1 Å². The van der Waals surface area contributed by atoms with E-state index < -0.39 is 16.9 Å². The number of pyridine rings is 1. The predicted molar refractivity (Wildman–Crippen MR) is 130 cm³/mol. The molecule has 2 aliphatic carbocycles. The van der Waals surface area contributed by atoms with Gasteiger partial charge in [0.15, 0.2) is 11.0 Å². The Morgan fingerprint density at radius 1 is 1.09 bits per heavy atom. The lowest BCUT2D eigenvalue weighted by atomic mass is 9.90. The Kier molecular flexibility index (Phi) is 5.21. The number of phenols is 1. The number of aromatic nitrogens is 1. The summed E-state index contributed by atoms with van der Waals surface area (Å²) in [5, 5.41) is 10.7. The van der Waals surface area contributed by atoms with Crippen molar-refractivity contribution in [2.45, 2.75) is 31.6 Å². The van der Waals surface area contributed by atoms with Gasteiger partial charge in [-0.1, -0.05) is 24.3 Å². The Balaban J connectivity index is 1.27.